The Hall–Kier alpha value is -2.74. The summed E-state index contributed by atoms with van der Waals surface area (Å²) in [5, 5.41) is 5.02. The fourth-order valence-corrected chi connectivity index (χ4v) is 5.40. The van der Waals surface area contributed by atoms with E-state index in [0.29, 0.717) is 43.2 Å². The first-order chi connectivity index (χ1) is 15.1. The van der Waals surface area contributed by atoms with E-state index in [0.717, 1.165) is 23.7 Å². The number of nitrogens with one attached hydrogen (secondary N) is 1. The molecule has 0 atom stereocenters. The summed E-state index contributed by atoms with van der Waals surface area (Å²) in [7, 11) is -3.42. The summed E-state index contributed by atoms with van der Waals surface area (Å²) in [6, 6.07) is 22.2. The van der Waals surface area contributed by atoms with Crippen LogP contribution in [0.3, 0.4) is 0 Å². The first kappa shape index (κ1) is 21.5. The maximum atomic E-state index is 12.7. The highest BCUT2D eigenvalue weighted by molar-refractivity contribution is 7.89. The van der Waals surface area contributed by atoms with Gasteiger partial charge in [-0.15, -0.1) is 0 Å². The normalized spacial score (nSPS) is 15.7. The number of hydrogen-bond donors (Lipinski definition) is 1. The monoisotopic (exact) mass is 437 g/mol. The second-order valence-electron chi connectivity index (χ2n) is 7.69. The number of carbonyl (C=O) groups is 1. The van der Waals surface area contributed by atoms with Crippen molar-refractivity contribution in [3.05, 3.63) is 78.4 Å². The number of nitrogens with zero attached hydrogens (tertiary/aromatic N) is 2. The molecule has 0 bridgehead atoms. The molecule has 1 aliphatic rings. The van der Waals surface area contributed by atoms with Crippen LogP contribution < -0.4 is 5.32 Å². The summed E-state index contributed by atoms with van der Waals surface area (Å²) in [4.78, 5) is 15.2. The maximum absolute atomic E-state index is 12.7. The Labute approximate surface area is 183 Å². The van der Waals surface area contributed by atoms with E-state index in [9.17, 15) is 13.2 Å². The Kier molecular flexibility index (Phi) is 6.65. The molecule has 0 aliphatic carbocycles. The van der Waals surface area contributed by atoms with Gasteiger partial charge in [-0.2, -0.15) is 4.31 Å². The summed E-state index contributed by atoms with van der Waals surface area (Å²) in [6.45, 7) is 3.78. The molecule has 1 aliphatic heterocycles. The van der Waals surface area contributed by atoms with Crippen molar-refractivity contribution in [2.24, 2.45) is 0 Å². The van der Waals surface area contributed by atoms with Crippen LogP contribution in [0.1, 0.15) is 16.8 Å². The summed E-state index contributed by atoms with van der Waals surface area (Å²) in [5.41, 5.74) is 0.692. The Morgan fingerprint density at radius 2 is 1.52 bits per heavy atom. The first-order valence-electron chi connectivity index (χ1n) is 10.6. The molecule has 0 saturated carbocycles. The molecular formula is C24H27N3O3S. The number of rotatable bonds is 7. The third-order valence-corrected chi connectivity index (χ3v) is 7.60. The van der Waals surface area contributed by atoms with Crippen molar-refractivity contribution in [3.63, 3.8) is 0 Å². The summed E-state index contributed by atoms with van der Waals surface area (Å²) >= 11 is 0. The van der Waals surface area contributed by atoms with Gasteiger partial charge in [0.2, 0.25) is 10.0 Å². The Balaban J connectivity index is 1.23. The van der Waals surface area contributed by atoms with E-state index in [2.05, 4.69) is 10.2 Å². The van der Waals surface area contributed by atoms with Gasteiger partial charge in [-0.3, -0.25) is 4.79 Å². The number of amides is 1. The number of sulfonamides is 1. The van der Waals surface area contributed by atoms with Gasteiger partial charge < -0.3 is 10.2 Å². The van der Waals surface area contributed by atoms with Crippen LogP contribution >= 0.6 is 0 Å². The van der Waals surface area contributed by atoms with Gasteiger partial charge in [0, 0.05) is 38.3 Å². The van der Waals surface area contributed by atoms with Crippen molar-refractivity contribution in [2.45, 2.75) is 11.3 Å². The molecule has 0 aromatic heterocycles. The molecule has 31 heavy (non-hydrogen) atoms. The van der Waals surface area contributed by atoms with Crippen molar-refractivity contribution >= 4 is 26.7 Å². The molecule has 0 spiro atoms. The standard InChI is InChI=1S/C24H27N3O3S/c28-24(23-13-6-9-20-8-4-5-12-22(20)23)25-14-7-15-26-16-18-27(19-17-26)31(29,30)21-10-2-1-3-11-21/h1-6,8-13H,7,14-19H2,(H,25,28). The minimum Gasteiger partial charge on any atom is -0.352 e. The van der Waals surface area contributed by atoms with Gasteiger partial charge >= 0.3 is 0 Å². The van der Waals surface area contributed by atoms with Crippen LogP contribution in [0.15, 0.2) is 77.7 Å². The lowest BCUT2D eigenvalue weighted by atomic mass is 10.0. The Morgan fingerprint density at radius 1 is 0.839 bits per heavy atom. The molecule has 1 fully saturated rings. The van der Waals surface area contributed by atoms with Crippen LogP contribution in [0.5, 0.6) is 0 Å². The number of fused-ring (bicyclic) bond motifs is 1. The van der Waals surface area contributed by atoms with Crippen molar-refractivity contribution in [1.29, 1.82) is 0 Å². The third-order valence-electron chi connectivity index (χ3n) is 5.68. The average molecular weight is 438 g/mol. The van der Waals surface area contributed by atoms with Crippen LogP contribution in [-0.2, 0) is 10.0 Å². The number of piperazine rings is 1. The van der Waals surface area contributed by atoms with Gasteiger partial charge in [0.15, 0.2) is 0 Å². The van der Waals surface area contributed by atoms with E-state index in [1.807, 2.05) is 48.5 Å². The number of carbonyl (C=O) groups excluding carboxylic acids is 1. The fraction of sp³-hybridized carbons (Fsp3) is 0.292. The molecule has 0 radical (unpaired) electrons. The topological polar surface area (TPSA) is 69.7 Å². The molecule has 3 aromatic rings. The molecule has 1 N–H and O–H groups in total. The van der Waals surface area contributed by atoms with Gasteiger partial charge in [0.1, 0.15) is 0 Å². The van der Waals surface area contributed by atoms with Gasteiger partial charge in [-0.1, -0.05) is 54.6 Å². The molecule has 4 rings (SSSR count). The highest BCUT2D eigenvalue weighted by Gasteiger charge is 2.28. The zero-order valence-electron chi connectivity index (χ0n) is 17.4. The third kappa shape index (κ3) is 4.95. The molecule has 1 amide bonds. The second-order valence-corrected chi connectivity index (χ2v) is 9.63. The van der Waals surface area contributed by atoms with E-state index in [-0.39, 0.29) is 5.91 Å². The molecule has 0 unspecified atom stereocenters. The van der Waals surface area contributed by atoms with E-state index in [1.54, 1.807) is 28.6 Å². The van der Waals surface area contributed by atoms with Crippen LogP contribution in [0.2, 0.25) is 0 Å². The zero-order chi connectivity index (χ0) is 21.7. The van der Waals surface area contributed by atoms with Crippen molar-refractivity contribution in [3.8, 4) is 0 Å². The van der Waals surface area contributed by atoms with Crippen molar-refractivity contribution in [1.82, 2.24) is 14.5 Å². The molecule has 7 heteroatoms. The quantitative estimate of drug-likeness (QED) is 0.577. The van der Waals surface area contributed by atoms with Gasteiger partial charge in [0.05, 0.1) is 4.90 Å². The largest absolute Gasteiger partial charge is 0.352 e. The van der Waals surface area contributed by atoms with E-state index in [4.69, 9.17) is 0 Å². The molecule has 1 saturated heterocycles. The van der Waals surface area contributed by atoms with Crippen LogP contribution in [-0.4, -0.2) is 62.8 Å². The molecular weight excluding hydrogens is 410 g/mol. The highest BCUT2D eigenvalue weighted by atomic mass is 32.2. The average Bonchev–Trinajstić information content (AvgIpc) is 2.82. The molecule has 6 nitrogen and oxygen atoms in total. The predicted octanol–water partition coefficient (Wildman–Crippen LogP) is 2.97. The number of hydrogen-bond acceptors (Lipinski definition) is 4. The summed E-state index contributed by atoms with van der Waals surface area (Å²) in [6.07, 6.45) is 0.821. The van der Waals surface area contributed by atoms with E-state index in [1.165, 1.54) is 0 Å². The smallest absolute Gasteiger partial charge is 0.251 e. The van der Waals surface area contributed by atoms with Crippen LogP contribution in [0, 0.1) is 0 Å². The minimum absolute atomic E-state index is 0.0597. The Bertz CT molecular complexity index is 1140. The zero-order valence-corrected chi connectivity index (χ0v) is 18.2. The second kappa shape index (κ2) is 9.60. The van der Waals surface area contributed by atoms with E-state index < -0.39 is 10.0 Å². The maximum Gasteiger partial charge on any atom is 0.251 e. The van der Waals surface area contributed by atoms with Crippen molar-refractivity contribution < 1.29 is 13.2 Å². The van der Waals surface area contributed by atoms with Crippen molar-refractivity contribution in [2.75, 3.05) is 39.3 Å². The van der Waals surface area contributed by atoms with Gasteiger partial charge in [0.25, 0.3) is 5.91 Å². The lowest BCUT2D eigenvalue weighted by molar-refractivity contribution is 0.0952. The molecule has 162 valence electrons. The lowest BCUT2D eigenvalue weighted by Crippen LogP contribution is -2.49. The summed E-state index contributed by atoms with van der Waals surface area (Å²) < 4.78 is 27.0. The Morgan fingerprint density at radius 3 is 2.29 bits per heavy atom. The van der Waals surface area contributed by atoms with Crippen LogP contribution in [0.25, 0.3) is 10.8 Å². The SMILES string of the molecule is O=C(NCCCN1CCN(S(=O)(=O)c2ccccc2)CC1)c1cccc2ccccc12. The first-order valence-corrected chi connectivity index (χ1v) is 12.0. The molecule has 1 heterocycles. The van der Waals surface area contributed by atoms with Crippen LogP contribution in [0.4, 0.5) is 0 Å². The van der Waals surface area contributed by atoms with Gasteiger partial charge in [-0.05, 0) is 41.9 Å². The lowest BCUT2D eigenvalue weighted by Gasteiger charge is -2.34. The molecule has 3 aromatic carbocycles. The van der Waals surface area contributed by atoms with Gasteiger partial charge in [-0.25, -0.2) is 8.42 Å². The predicted molar refractivity (Wildman–Crippen MR) is 123 cm³/mol. The fourth-order valence-electron chi connectivity index (χ4n) is 3.96. The number of benzene rings is 3. The van der Waals surface area contributed by atoms with E-state index >= 15 is 0 Å². The summed E-state index contributed by atoms with van der Waals surface area (Å²) in [5.74, 6) is -0.0597. The highest BCUT2D eigenvalue weighted by Crippen LogP contribution is 2.19. The minimum atomic E-state index is -3.42.